The number of aliphatic hydroxyl groups is 1. The number of nitrogens with zero attached hydrogens (tertiary/aromatic N) is 2. The monoisotopic (exact) mass is 251 g/mol. The molecular weight excluding hydrogens is 226 g/mol. The van der Waals surface area contributed by atoms with Gasteiger partial charge in [-0.3, -0.25) is 4.68 Å². The molecule has 0 aromatic carbocycles. The highest BCUT2D eigenvalue weighted by atomic mass is 16.3. The van der Waals surface area contributed by atoms with Crippen LogP contribution >= 0.6 is 0 Å². The summed E-state index contributed by atoms with van der Waals surface area (Å²) in [5.74, 6) is 0. The van der Waals surface area contributed by atoms with E-state index in [1.165, 1.54) is 37.7 Å². The molecule has 1 heterocycles. The van der Waals surface area contributed by atoms with Crippen molar-refractivity contribution < 1.29 is 5.11 Å². The smallest absolute Gasteiger partial charge is 0.0640 e. The molecule has 1 aliphatic carbocycles. The Labute approximate surface area is 109 Å². The number of hydrogen-bond acceptors (Lipinski definition) is 3. The molecule has 102 valence electrons. The molecule has 1 aromatic heterocycles. The van der Waals surface area contributed by atoms with E-state index < -0.39 is 0 Å². The van der Waals surface area contributed by atoms with Gasteiger partial charge in [-0.1, -0.05) is 26.2 Å². The lowest BCUT2D eigenvalue weighted by molar-refractivity contribution is 0.207. The molecule has 0 atom stereocenters. The first-order valence-corrected chi connectivity index (χ1v) is 7.05. The fourth-order valence-corrected chi connectivity index (χ4v) is 2.81. The second-order valence-electron chi connectivity index (χ2n) is 5.81. The van der Waals surface area contributed by atoms with Gasteiger partial charge in [0.25, 0.3) is 0 Å². The third-order valence-electron chi connectivity index (χ3n) is 3.96. The Kier molecular flexibility index (Phi) is 4.78. The summed E-state index contributed by atoms with van der Waals surface area (Å²) in [4.78, 5) is 0. The summed E-state index contributed by atoms with van der Waals surface area (Å²) in [6.07, 6.45) is 10.8. The second-order valence-corrected chi connectivity index (χ2v) is 5.81. The zero-order chi connectivity index (χ0) is 12.8. The molecule has 1 aromatic rings. The van der Waals surface area contributed by atoms with Gasteiger partial charge in [-0.15, -0.1) is 0 Å². The Morgan fingerprint density at radius 1 is 1.39 bits per heavy atom. The van der Waals surface area contributed by atoms with Gasteiger partial charge in [-0.2, -0.15) is 5.10 Å². The van der Waals surface area contributed by atoms with Crippen LogP contribution in [-0.4, -0.2) is 28.0 Å². The molecule has 18 heavy (non-hydrogen) atoms. The van der Waals surface area contributed by atoms with Crippen molar-refractivity contribution >= 4 is 0 Å². The summed E-state index contributed by atoms with van der Waals surface area (Å²) >= 11 is 0. The molecule has 0 bridgehead atoms. The molecule has 2 rings (SSSR count). The average molecular weight is 251 g/mol. The Morgan fingerprint density at radius 3 is 2.89 bits per heavy atom. The van der Waals surface area contributed by atoms with E-state index in [1.807, 2.05) is 12.4 Å². The van der Waals surface area contributed by atoms with Crippen molar-refractivity contribution in [2.24, 2.45) is 5.41 Å². The molecule has 1 fully saturated rings. The van der Waals surface area contributed by atoms with E-state index in [-0.39, 0.29) is 6.61 Å². The van der Waals surface area contributed by atoms with E-state index in [9.17, 15) is 0 Å². The van der Waals surface area contributed by atoms with Crippen molar-refractivity contribution in [3.05, 3.63) is 18.0 Å². The van der Waals surface area contributed by atoms with Gasteiger partial charge in [0.15, 0.2) is 0 Å². The lowest BCUT2D eigenvalue weighted by Gasteiger charge is -2.33. The topological polar surface area (TPSA) is 50.1 Å². The van der Waals surface area contributed by atoms with Crippen LogP contribution in [0.3, 0.4) is 0 Å². The van der Waals surface area contributed by atoms with Crippen LogP contribution in [0.2, 0.25) is 0 Å². The SMILES string of the molecule is CC1(CNCc2cnn(CCO)c2)CCCCC1. The molecule has 0 saturated heterocycles. The van der Waals surface area contributed by atoms with Crippen LogP contribution in [0, 0.1) is 5.41 Å². The van der Waals surface area contributed by atoms with Gasteiger partial charge in [-0.25, -0.2) is 0 Å². The summed E-state index contributed by atoms with van der Waals surface area (Å²) in [5, 5.41) is 16.6. The van der Waals surface area contributed by atoms with Gasteiger partial charge in [0.2, 0.25) is 0 Å². The third-order valence-corrected chi connectivity index (χ3v) is 3.96. The number of hydrogen-bond donors (Lipinski definition) is 2. The predicted octanol–water partition coefficient (Wildman–Crippen LogP) is 1.94. The van der Waals surface area contributed by atoms with E-state index in [2.05, 4.69) is 17.3 Å². The van der Waals surface area contributed by atoms with Crippen LogP contribution in [0.5, 0.6) is 0 Å². The Morgan fingerprint density at radius 2 is 2.17 bits per heavy atom. The quantitative estimate of drug-likeness (QED) is 0.812. The van der Waals surface area contributed by atoms with Crippen molar-refractivity contribution in [2.75, 3.05) is 13.2 Å². The minimum Gasteiger partial charge on any atom is -0.394 e. The highest BCUT2D eigenvalue weighted by Crippen LogP contribution is 2.34. The van der Waals surface area contributed by atoms with E-state index in [0.29, 0.717) is 12.0 Å². The van der Waals surface area contributed by atoms with Crippen molar-refractivity contribution in [3.63, 3.8) is 0 Å². The minimum absolute atomic E-state index is 0.145. The Balaban J connectivity index is 1.73. The maximum Gasteiger partial charge on any atom is 0.0640 e. The summed E-state index contributed by atoms with van der Waals surface area (Å²) in [6.45, 7) is 5.10. The number of aliphatic hydroxyl groups excluding tert-OH is 1. The molecule has 4 nitrogen and oxygen atoms in total. The maximum absolute atomic E-state index is 8.83. The van der Waals surface area contributed by atoms with Crippen molar-refractivity contribution in [2.45, 2.75) is 52.1 Å². The normalized spacial score (nSPS) is 19.0. The van der Waals surface area contributed by atoms with Gasteiger partial charge in [-0.05, 0) is 18.3 Å². The molecule has 2 N–H and O–H groups in total. The highest BCUT2D eigenvalue weighted by Gasteiger charge is 2.25. The van der Waals surface area contributed by atoms with Crippen LogP contribution in [0.25, 0.3) is 0 Å². The molecule has 1 aliphatic rings. The Hall–Kier alpha value is -0.870. The molecule has 1 saturated carbocycles. The van der Waals surface area contributed by atoms with Crippen LogP contribution in [-0.2, 0) is 13.1 Å². The summed E-state index contributed by atoms with van der Waals surface area (Å²) < 4.78 is 1.79. The van der Waals surface area contributed by atoms with Gasteiger partial charge in [0, 0.05) is 24.8 Å². The van der Waals surface area contributed by atoms with Gasteiger partial charge >= 0.3 is 0 Å². The first kappa shape index (κ1) is 13.6. The second kappa shape index (κ2) is 6.34. The summed E-state index contributed by atoms with van der Waals surface area (Å²) in [6, 6.07) is 0. The van der Waals surface area contributed by atoms with E-state index in [1.54, 1.807) is 4.68 Å². The van der Waals surface area contributed by atoms with E-state index >= 15 is 0 Å². The van der Waals surface area contributed by atoms with E-state index in [4.69, 9.17) is 5.11 Å². The zero-order valence-corrected chi connectivity index (χ0v) is 11.4. The highest BCUT2D eigenvalue weighted by molar-refractivity contribution is 5.03. The third kappa shape index (κ3) is 3.82. The van der Waals surface area contributed by atoms with Crippen molar-refractivity contribution in [3.8, 4) is 0 Å². The molecular formula is C14H25N3O. The molecule has 0 unspecified atom stereocenters. The zero-order valence-electron chi connectivity index (χ0n) is 11.4. The van der Waals surface area contributed by atoms with E-state index in [0.717, 1.165) is 13.1 Å². The fraction of sp³-hybridized carbons (Fsp3) is 0.786. The van der Waals surface area contributed by atoms with Crippen LogP contribution < -0.4 is 5.32 Å². The average Bonchev–Trinajstić information content (AvgIpc) is 2.78. The van der Waals surface area contributed by atoms with Crippen molar-refractivity contribution in [1.82, 2.24) is 15.1 Å². The lowest BCUT2D eigenvalue weighted by atomic mass is 9.76. The number of aromatic nitrogens is 2. The molecule has 0 radical (unpaired) electrons. The Bertz CT molecular complexity index is 356. The fourth-order valence-electron chi connectivity index (χ4n) is 2.81. The summed E-state index contributed by atoms with van der Waals surface area (Å²) in [7, 11) is 0. The first-order chi connectivity index (χ1) is 8.72. The number of rotatable bonds is 6. The van der Waals surface area contributed by atoms with Crippen LogP contribution in [0.4, 0.5) is 0 Å². The molecule has 0 amide bonds. The standard InChI is InChI=1S/C14H25N3O/c1-14(5-3-2-4-6-14)12-15-9-13-10-16-17(11-13)7-8-18/h10-11,15,18H,2-9,12H2,1H3. The van der Waals surface area contributed by atoms with Crippen LogP contribution in [0.1, 0.15) is 44.6 Å². The predicted molar refractivity (Wildman–Crippen MR) is 72.2 cm³/mol. The van der Waals surface area contributed by atoms with Crippen LogP contribution in [0.15, 0.2) is 12.4 Å². The minimum atomic E-state index is 0.145. The largest absolute Gasteiger partial charge is 0.394 e. The molecule has 0 spiro atoms. The number of nitrogens with one attached hydrogen (secondary N) is 1. The lowest BCUT2D eigenvalue weighted by Crippen LogP contribution is -2.33. The summed E-state index contributed by atoms with van der Waals surface area (Å²) in [5.41, 5.74) is 1.68. The van der Waals surface area contributed by atoms with Gasteiger partial charge < -0.3 is 10.4 Å². The molecule has 4 heteroatoms. The van der Waals surface area contributed by atoms with Gasteiger partial charge in [0.1, 0.15) is 0 Å². The first-order valence-electron chi connectivity index (χ1n) is 7.05. The maximum atomic E-state index is 8.83. The van der Waals surface area contributed by atoms with Gasteiger partial charge in [0.05, 0.1) is 19.3 Å². The molecule has 0 aliphatic heterocycles. The van der Waals surface area contributed by atoms with Crippen molar-refractivity contribution in [1.29, 1.82) is 0 Å².